The molecule has 2 aromatic rings. The monoisotopic (exact) mass is 456 g/mol. The summed E-state index contributed by atoms with van der Waals surface area (Å²) >= 11 is 0. The van der Waals surface area contributed by atoms with E-state index >= 15 is 0 Å². The van der Waals surface area contributed by atoms with Crippen LogP contribution in [0.1, 0.15) is 42.3 Å². The molecule has 33 heavy (non-hydrogen) atoms. The third kappa shape index (κ3) is 8.14. The molecule has 0 unspecified atom stereocenters. The van der Waals surface area contributed by atoms with E-state index in [-0.39, 0.29) is 17.9 Å². The van der Waals surface area contributed by atoms with Gasteiger partial charge in [0.1, 0.15) is 6.54 Å². The van der Waals surface area contributed by atoms with Gasteiger partial charge in [-0.15, -0.1) is 0 Å². The molecule has 2 N–H and O–H groups in total. The van der Waals surface area contributed by atoms with Gasteiger partial charge in [0, 0.05) is 12.1 Å². The van der Waals surface area contributed by atoms with E-state index in [9.17, 15) is 14.4 Å². The lowest BCUT2D eigenvalue weighted by Crippen LogP contribution is -2.34. The Kier molecular flexibility index (Phi) is 9.27. The van der Waals surface area contributed by atoms with Crippen molar-refractivity contribution < 1.29 is 28.6 Å². The highest BCUT2D eigenvalue weighted by atomic mass is 16.5. The summed E-state index contributed by atoms with van der Waals surface area (Å²) in [5.41, 5.74) is 2.50. The van der Waals surface area contributed by atoms with Crippen molar-refractivity contribution in [2.45, 2.75) is 32.6 Å². The Balaban J connectivity index is 1.68. The van der Waals surface area contributed by atoms with Crippen molar-refractivity contribution in [3.8, 4) is 11.5 Å². The lowest BCUT2D eigenvalue weighted by molar-refractivity contribution is -0.147. The van der Waals surface area contributed by atoms with Crippen molar-refractivity contribution in [2.75, 3.05) is 33.9 Å². The van der Waals surface area contributed by atoms with Gasteiger partial charge in [-0.3, -0.25) is 14.4 Å². The van der Waals surface area contributed by atoms with Gasteiger partial charge in [0.2, 0.25) is 0 Å². The number of rotatable bonds is 10. The summed E-state index contributed by atoms with van der Waals surface area (Å²) in [4.78, 5) is 36.0. The largest absolute Gasteiger partial charge is 0.493 e. The zero-order valence-electron chi connectivity index (χ0n) is 19.8. The van der Waals surface area contributed by atoms with Crippen LogP contribution in [0.15, 0.2) is 42.5 Å². The molecule has 8 heteroatoms. The van der Waals surface area contributed by atoms with Crippen LogP contribution in [0, 0.1) is 0 Å². The number of hydrogen-bond acceptors (Lipinski definition) is 6. The first kappa shape index (κ1) is 25.7. The van der Waals surface area contributed by atoms with E-state index < -0.39 is 18.5 Å². The van der Waals surface area contributed by atoms with E-state index in [4.69, 9.17) is 14.2 Å². The number of nitrogens with one attached hydrogen (secondary N) is 2. The van der Waals surface area contributed by atoms with E-state index in [1.807, 2.05) is 24.3 Å². The highest BCUT2D eigenvalue weighted by Gasteiger charge is 2.15. The molecule has 0 bridgehead atoms. The van der Waals surface area contributed by atoms with Gasteiger partial charge in [-0.1, -0.05) is 39.0 Å². The molecular weight excluding hydrogens is 424 g/mol. The van der Waals surface area contributed by atoms with Gasteiger partial charge in [0.15, 0.2) is 18.1 Å². The van der Waals surface area contributed by atoms with E-state index in [0.29, 0.717) is 30.0 Å². The van der Waals surface area contributed by atoms with E-state index in [1.165, 1.54) is 0 Å². The van der Waals surface area contributed by atoms with Gasteiger partial charge in [0.25, 0.3) is 11.8 Å². The molecule has 0 radical (unpaired) electrons. The maximum absolute atomic E-state index is 12.2. The van der Waals surface area contributed by atoms with E-state index in [1.54, 1.807) is 32.4 Å². The average molecular weight is 457 g/mol. The molecule has 0 spiro atoms. The normalized spacial score (nSPS) is 10.8. The zero-order chi connectivity index (χ0) is 24.4. The fraction of sp³-hybridized carbons (Fsp3) is 0.400. The number of ether oxygens (including phenoxy) is 3. The van der Waals surface area contributed by atoms with Crippen LogP contribution in [-0.4, -0.2) is 51.7 Å². The van der Waals surface area contributed by atoms with Crippen LogP contribution in [0.5, 0.6) is 11.5 Å². The topological polar surface area (TPSA) is 103 Å². The van der Waals surface area contributed by atoms with Crippen molar-refractivity contribution >= 4 is 17.8 Å². The molecule has 8 nitrogen and oxygen atoms in total. The highest BCUT2D eigenvalue weighted by molar-refractivity contribution is 5.96. The molecule has 2 amide bonds. The Morgan fingerprint density at radius 2 is 1.55 bits per heavy atom. The van der Waals surface area contributed by atoms with Gasteiger partial charge in [-0.25, -0.2) is 0 Å². The van der Waals surface area contributed by atoms with Crippen molar-refractivity contribution in [3.05, 3.63) is 59.2 Å². The van der Waals surface area contributed by atoms with Gasteiger partial charge >= 0.3 is 5.97 Å². The molecule has 0 saturated heterocycles. The molecule has 0 aromatic heterocycles. The average Bonchev–Trinajstić information content (AvgIpc) is 2.80. The number of carbonyl (C=O) groups is 3. The van der Waals surface area contributed by atoms with Crippen molar-refractivity contribution in [2.24, 2.45) is 0 Å². The zero-order valence-corrected chi connectivity index (χ0v) is 19.8. The molecule has 2 aromatic carbocycles. The third-order valence-electron chi connectivity index (χ3n) is 4.95. The molecule has 0 saturated carbocycles. The SMILES string of the molecule is COc1ccc(CCNC(=O)COC(=O)CNC(=O)c2ccc(C(C)(C)C)cc2)cc1OC. The second-order valence-electron chi connectivity index (χ2n) is 8.46. The number of methoxy groups -OCH3 is 2. The summed E-state index contributed by atoms with van der Waals surface area (Å²) in [6.07, 6.45) is 0.574. The first-order chi connectivity index (χ1) is 15.6. The standard InChI is InChI=1S/C25H32N2O6/c1-25(2,3)19-9-7-18(8-10-19)24(30)27-15-23(29)33-16-22(28)26-13-12-17-6-11-20(31-4)21(14-17)32-5/h6-11,14H,12-13,15-16H2,1-5H3,(H,26,28)(H,27,30). The first-order valence-corrected chi connectivity index (χ1v) is 10.7. The minimum absolute atomic E-state index is 0.0130. The number of benzene rings is 2. The molecule has 0 atom stereocenters. The predicted octanol–water partition coefficient (Wildman–Crippen LogP) is 2.63. The van der Waals surface area contributed by atoms with Gasteiger partial charge in [0.05, 0.1) is 14.2 Å². The molecule has 0 fully saturated rings. The summed E-state index contributed by atoms with van der Waals surface area (Å²) in [6, 6.07) is 12.7. The minimum Gasteiger partial charge on any atom is -0.493 e. The van der Waals surface area contributed by atoms with Crippen LogP contribution in [0.2, 0.25) is 0 Å². The van der Waals surface area contributed by atoms with Crippen molar-refractivity contribution in [1.29, 1.82) is 0 Å². The maximum atomic E-state index is 12.2. The summed E-state index contributed by atoms with van der Waals surface area (Å²) in [7, 11) is 3.12. The molecule has 0 heterocycles. The van der Waals surface area contributed by atoms with Crippen molar-refractivity contribution in [3.63, 3.8) is 0 Å². The Morgan fingerprint density at radius 1 is 0.879 bits per heavy atom. The van der Waals surface area contributed by atoms with Crippen LogP contribution < -0.4 is 20.1 Å². The Morgan fingerprint density at radius 3 is 2.15 bits per heavy atom. The highest BCUT2D eigenvalue weighted by Crippen LogP contribution is 2.27. The molecule has 2 rings (SSSR count). The minimum atomic E-state index is -0.690. The summed E-state index contributed by atoms with van der Waals surface area (Å²) in [6.45, 7) is 5.90. The number of amides is 2. The predicted molar refractivity (Wildman–Crippen MR) is 125 cm³/mol. The second-order valence-corrected chi connectivity index (χ2v) is 8.46. The number of esters is 1. The van der Waals surface area contributed by atoms with Crippen LogP contribution in [0.25, 0.3) is 0 Å². The van der Waals surface area contributed by atoms with Crippen LogP contribution in [0.3, 0.4) is 0 Å². The van der Waals surface area contributed by atoms with Gasteiger partial charge in [-0.2, -0.15) is 0 Å². The molecule has 0 aliphatic heterocycles. The summed E-state index contributed by atoms with van der Waals surface area (Å²) in [5.74, 6) is -0.252. The third-order valence-corrected chi connectivity index (χ3v) is 4.95. The first-order valence-electron chi connectivity index (χ1n) is 10.7. The molecule has 178 valence electrons. The summed E-state index contributed by atoms with van der Waals surface area (Å²) in [5, 5.41) is 5.18. The lowest BCUT2D eigenvalue weighted by atomic mass is 9.87. The molecular formula is C25H32N2O6. The van der Waals surface area contributed by atoms with E-state index in [0.717, 1.165) is 11.1 Å². The van der Waals surface area contributed by atoms with Crippen LogP contribution in [-0.2, 0) is 26.2 Å². The maximum Gasteiger partial charge on any atom is 0.325 e. The Bertz CT molecular complexity index is 964. The van der Waals surface area contributed by atoms with Crippen LogP contribution in [0.4, 0.5) is 0 Å². The van der Waals surface area contributed by atoms with Crippen molar-refractivity contribution in [1.82, 2.24) is 10.6 Å². The number of hydrogen-bond donors (Lipinski definition) is 2. The Hall–Kier alpha value is -3.55. The molecule has 0 aliphatic rings. The smallest absolute Gasteiger partial charge is 0.325 e. The lowest BCUT2D eigenvalue weighted by Gasteiger charge is -2.19. The second kappa shape index (κ2) is 11.9. The quantitative estimate of drug-likeness (QED) is 0.533. The van der Waals surface area contributed by atoms with Gasteiger partial charge < -0.3 is 24.8 Å². The fourth-order valence-corrected chi connectivity index (χ4v) is 3.01. The van der Waals surface area contributed by atoms with E-state index in [2.05, 4.69) is 31.4 Å². The fourth-order valence-electron chi connectivity index (χ4n) is 3.01. The summed E-state index contributed by atoms with van der Waals surface area (Å²) < 4.78 is 15.4. The number of carbonyl (C=O) groups excluding carboxylic acids is 3. The van der Waals surface area contributed by atoms with Crippen LogP contribution >= 0.6 is 0 Å². The molecule has 0 aliphatic carbocycles. The Labute approximate surface area is 194 Å². The van der Waals surface area contributed by atoms with Gasteiger partial charge in [-0.05, 0) is 47.2 Å².